The number of carbonyl (C=O) groups is 1. The van der Waals surface area contributed by atoms with Crippen molar-refractivity contribution in [2.24, 2.45) is 0 Å². The number of likely N-dealkylation sites (tertiary alicyclic amines) is 1. The van der Waals surface area contributed by atoms with Crippen LogP contribution in [0.4, 0.5) is 10.5 Å². The number of carbonyl (C=O) groups excluding carboxylic acids is 1. The lowest BCUT2D eigenvalue weighted by Crippen LogP contribution is -2.51. The Labute approximate surface area is 220 Å². The molecule has 0 saturated carbocycles. The quantitative estimate of drug-likeness (QED) is 0.464. The van der Waals surface area contributed by atoms with E-state index in [1.807, 2.05) is 47.4 Å². The molecule has 2 fully saturated rings. The number of nitrogens with one attached hydrogen (secondary N) is 1. The van der Waals surface area contributed by atoms with E-state index in [-0.39, 0.29) is 11.4 Å². The van der Waals surface area contributed by atoms with Crippen LogP contribution in [0.3, 0.4) is 0 Å². The number of hydrogen-bond donors (Lipinski definition) is 1. The third-order valence-corrected chi connectivity index (χ3v) is 8.43. The van der Waals surface area contributed by atoms with Crippen LogP contribution in [0, 0.1) is 0 Å². The molecule has 2 amide bonds. The van der Waals surface area contributed by atoms with Gasteiger partial charge >= 0.3 is 6.03 Å². The minimum absolute atomic E-state index is 0.0369. The Balaban J connectivity index is 1.45. The summed E-state index contributed by atoms with van der Waals surface area (Å²) in [6.07, 6.45) is 4.12. The SMILES string of the molecule is CC(C)N1CCN(CCCC2(c3ccc(Cl)c(Cl)c3)CCCN(C(=O)Nc3ccccc3)C2)CC1. The first kappa shape index (κ1) is 26.3. The van der Waals surface area contributed by atoms with Gasteiger partial charge in [-0.3, -0.25) is 4.90 Å². The number of anilines is 1. The van der Waals surface area contributed by atoms with E-state index in [9.17, 15) is 4.79 Å². The number of urea groups is 1. The van der Waals surface area contributed by atoms with E-state index < -0.39 is 0 Å². The molecule has 35 heavy (non-hydrogen) atoms. The van der Waals surface area contributed by atoms with Gasteiger partial charge in [0.05, 0.1) is 10.0 Å². The van der Waals surface area contributed by atoms with Crippen LogP contribution in [0.5, 0.6) is 0 Å². The Morgan fingerprint density at radius 3 is 2.43 bits per heavy atom. The highest BCUT2D eigenvalue weighted by Gasteiger charge is 2.39. The molecule has 0 spiro atoms. The van der Waals surface area contributed by atoms with Crippen LogP contribution in [0.2, 0.25) is 10.0 Å². The molecule has 2 aromatic carbocycles. The van der Waals surface area contributed by atoms with Gasteiger partial charge in [0.1, 0.15) is 0 Å². The minimum Gasteiger partial charge on any atom is -0.324 e. The second-order valence-corrected chi connectivity index (χ2v) is 11.1. The fourth-order valence-corrected chi connectivity index (χ4v) is 5.88. The van der Waals surface area contributed by atoms with Crippen LogP contribution in [0.15, 0.2) is 48.5 Å². The van der Waals surface area contributed by atoms with Crippen molar-refractivity contribution in [3.8, 4) is 0 Å². The summed E-state index contributed by atoms with van der Waals surface area (Å²) in [4.78, 5) is 20.3. The van der Waals surface area contributed by atoms with Gasteiger partial charge in [-0.1, -0.05) is 47.5 Å². The van der Waals surface area contributed by atoms with Gasteiger partial charge in [0.25, 0.3) is 0 Å². The fourth-order valence-electron chi connectivity index (χ4n) is 5.58. The number of rotatable bonds is 7. The molecule has 1 N–H and O–H groups in total. The molecule has 5 nitrogen and oxygen atoms in total. The first-order valence-electron chi connectivity index (χ1n) is 12.9. The van der Waals surface area contributed by atoms with Gasteiger partial charge in [0.15, 0.2) is 0 Å². The average molecular weight is 518 g/mol. The summed E-state index contributed by atoms with van der Waals surface area (Å²) >= 11 is 12.7. The van der Waals surface area contributed by atoms with E-state index in [2.05, 4.69) is 35.0 Å². The molecule has 1 atom stereocenters. The molecule has 190 valence electrons. The Bertz CT molecular complexity index is 978. The van der Waals surface area contributed by atoms with Crippen molar-refractivity contribution in [1.29, 1.82) is 0 Å². The van der Waals surface area contributed by atoms with E-state index >= 15 is 0 Å². The fraction of sp³-hybridized carbons (Fsp3) is 0.536. The van der Waals surface area contributed by atoms with Gasteiger partial charge in [-0.05, 0) is 75.9 Å². The summed E-state index contributed by atoms with van der Waals surface area (Å²) in [5, 5.41) is 4.22. The number of halogens is 2. The Kier molecular flexibility index (Phi) is 8.98. The second-order valence-electron chi connectivity index (χ2n) is 10.3. The summed E-state index contributed by atoms with van der Waals surface area (Å²) < 4.78 is 0. The van der Waals surface area contributed by atoms with Crippen molar-refractivity contribution < 1.29 is 4.79 Å². The molecule has 2 aliphatic heterocycles. The molecule has 2 aromatic rings. The van der Waals surface area contributed by atoms with E-state index in [0.717, 1.165) is 70.6 Å². The highest BCUT2D eigenvalue weighted by Crippen LogP contribution is 2.40. The number of para-hydroxylation sites is 1. The van der Waals surface area contributed by atoms with Crippen LogP contribution in [0.1, 0.15) is 45.1 Å². The number of benzene rings is 2. The zero-order valence-corrected chi connectivity index (χ0v) is 22.5. The molecule has 0 bridgehead atoms. The predicted molar refractivity (Wildman–Crippen MR) is 147 cm³/mol. The summed E-state index contributed by atoms with van der Waals surface area (Å²) in [5.41, 5.74) is 1.89. The predicted octanol–water partition coefficient (Wildman–Crippen LogP) is 6.37. The molecule has 2 heterocycles. The maximum Gasteiger partial charge on any atom is 0.321 e. The van der Waals surface area contributed by atoms with Gasteiger partial charge in [0, 0.05) is 56.4 Å². The zero-order chi connectivity index (χ0) is 24.8. The highest BCUT2D eigenvalue weighted by atomic mass is 35.5. The molecule has 0 aliphatic carbocycles. The second kappa shape index (κ2) is 12.0. The first-order chi connectivity index (χ1) is 16.9. The maximum atomic E-state index is 13.2. The molecule has 7 heteroatoms. The largest absolute Gasteiger partial charge is 0.324 e. The first-order valence-corrected chi connectivity index (χ1v) is 13.6. The van der Waals surface area contributed by atoms with Gasteiger partial charge in [0.2, 0.25) is 0 Å². The van der Waals surface area contributed by atoms with Crippen LogP contribution in [-0.4, -0.2) is 72.6 Å². The van der Waals surface area contributed by atoms with Crippen LogP contribution in [-0.2, 0) is 5.41 Å². The molecule has 2 saturated heterocycles. The van der Waals surface area contributed by atoms with Crippen LogP contribution < -0.4 is 5.32 Å². The van der Waals surface area contributed by atoms with Crippen LogP contribution >= 0.6 is 23.2 Å². The molecule has 4 rings (SSSR count). The highest BCUT2D eigenvalue weighted by molar-refractivity contribution is 6.42. The molecule has 2 aliphatic rings. The van der Waals surface area contributed by atoms with Crippen molar-refractivity contribution in [3.63, 3.8) is 0 Å². The number of piperidine rings is 1. The van der Waals surface area contributed by atoms with E-state index in [4.69, 9.17) is 23.2 Å². The van der Waals surface area contributed by atoms with E-state index in [1.54, 1.807) is 0 Å². The summed E-state index contributed by atoms with van der Waals surface area (Å²) in [7, 11) is 0. The number of nitrogens with zero attached hydrogens (tertiary/aromatic N) is 3. The lowest BCUT2D eigenvalue weighted by molar-refractivity contribution is 0.102. The number of hydrogen-bond acceptors (Lipinski definition) is 3. The van der Waals surface area contributed by atoms with Gasteiger partial charge in [-0.25, -0.2) is 4.79 Å². The van der Waals surface area contributed by atoms with E-state index in [0.29, 0.717) is 22.6 Å². The number of piperazine rings is 1. The van der Waals surface area contributed by atoms with Crippen molar-refractivity contribution in [2.75, 3.05) is 51.1 Å². The minimum atomic E-state index is -0.125. The lowest BCUT2D eigenvalue weighted by atomic mass is 9.71. The Morgan fingerprint density at radius 1 is 1.00 bits per heavy atom. The molecule has 0 radical (unpaired) electrons. The molecule has 1 unspecified atom stereocenters. The average Bonchev–Trinajstić information content (AvgIpc) is 2.87. The van der Waals surface area contributed by atoms with Crippen molar-refractivity contribution in [2.45, 2.75) is 51.0 Å². The third kappa shape index (κ3) is 6.71. The van der Waals surface area contributed by atoms with Crippen molar-refractivity contribution in [1.82, 2.24) is 14.7 Å². The molecule has 0 aromatic heterocycles. The number of amides is 2. The maximum absolute atomic E-state index is 13.2. The summed E-state index contributed by atoms with van der Waals surface area (Å²) in [5.74, 6) is 0. The summed E-state index contributed by atoms with van der Waals surface area (Å²) in [6, 6.07) is 16.3. The molecular weight excluding hydrogens is 479 g/mol. The monoisotopic (exact) mass is 516 g/mol. The standard InChI is InChI=1S/C28H38Cl2N4O/c1-22(2)33-18-16-32(17-19-33)14-6-12-28(23-10-11-25(29)26(30)20-23)13-7-15-34(21-28)27(35)31-24-8-4-3-5-9-24/h3-5,8-11,20,22H,6-7,12-19,21H2,1-2H3,(H,31,35). The smallest absolute Gasteiger partial charge is 0.321 e. The lowest BCUT2D eigenvalue weighted by Gasteiger charge is -2.44. The van der Waals surface area contributed by atoms with Gasteiger partial charge < -0.3 is 15.1 Å². The zero-order valence-electron chi connectivity index (χ0n) is 21.0. The van der Waals surface area contributed by atoms with Gasteiger partial charge in [-0.15, -0.1) is 0 Å². The Morgan fingerprint density at radius 2 is 1.74 bits per heavy atom. The molecular formula is C28H38Cl2N4O. The van der Waals surface area contributed by atoms with Crippen molar-refractivity contribution in [3.05, 3.63) is 64.1 Å². The van der Waals surface area contributed by atoms with Crippen molar-refractivity contribution >= 4 is 34.9 Å². The Hall–Kier alpha value is -1.79. The normalized spacial score (nSPS) is 21.9. The summed E-state index contributed by atoms with van der Waals surface area (Å²) in [6.45, 7) is 11.6. The third-order valence-electron chi connectivity index (χ3n) is 7.69. The van der Waals surface area contributed by atoms with Crippen LogP contribution in [0.25, 0.3) is 0 Å². The van der Waals surface area contributed by atoms with E-state index in [1.165, 1.54) is 5.56 Å². The topological polar surface area (TPSA) is 38.8 Å². The van der Waals surface area contributed by atoms with Gasteiger partial charge in [-0.2, -0.15) is 0 Å².